The number of nitrogens with zero attached hydrogens (tertiary/aromatic N) is 1. The van der Waals surface area contributed by atoms with Gasteiger partial charge in [-0.1, -0.05) is 13.8 Å². The molecule has 0 aromatic carbocycles. The van der Waals surface area contributed by atoms with Gasteiger partial charge in [0.25, 0.3) is 0 Å². The second-order valence-electron chi connectivity index (χ2n) is 4.28. The minimum Gasteiger partial charge on any atom is -0.481 e. The van der Waals surface area contributed by atoms with Crippen LogP contribution in [-0.4, -0.2) is 47.6 Å². The Morgan fingerprint density at radius 2 is 2.33 bits per heavy atom. The third-order valence-corrected chi connectivity index (χ3v) is 2.35. The van der Waals surface area contributed by atoms with Crippen LogP contribution in [-0.2, 0) is 9.59 Å². The predicted octanol–water partition coefficient (Wildman–Crippen LogP) is -0.0825. The molecule has 1 aliphatic heterocycles. The van der Waals surface area contributed by atoms with Gasteiger partial charge in [0, 0.05) is 19.6 Å². The van der Waals surface area contributed by atoms with Crippen molar-refractivity contribution in [2.75, 3.05) is 19.6 Å². The van der Waals surface area contributed by atoms with Gasteiger partial charge in [-0.2, -0.15) is 0 Å². The van der Waals surface area contributed by atoms with Gasteiger partial charge >= 0.3 is 5.97 Å². The van der Waals surface area contributed by atoms with Crippen molar-refractivity contribution < 1.29 is 14.7 Å². The summed E-state index contributed by atoms with van der Waals surface area (Å²) in [5.74, 6) is -0.609. The average Bonchev–Trinajstić information content (AvgIpc) is 2.10. The van der Waals surface area contributed by atoms with Crippen molar-refractivity contribution in [1.29, 1.82) is 0 Å². The molecule has 86 valence electrons. The summed E-state index contributed by atoms with van der Waals surface area (Å²) < 4.78 is 0. The fraction of sp³-hybridized carbons (Fsp3) is 0.800. The van der Waals surface area contributed by atoms with Crippen molar-refractivity contribution >= 4 is 11.9 Å². The Labute approximate surface area is 89.4 Å². The first-order chi connectivity index (χ1) is 7.00. The Hall–Kier alpha value is -1.10. The summed E-state index contributed by atoms with van der Waals surface area (Å²) >= 11 is 0. The third kappa shape index (κ3) is 3.51. The van der Waals surface area contributed by atoms with Crippen molar-refractivity contribution in [3.8, 4) is 0 Å². The maximum atomic E-state index is 11.8. The van der Waals surface area contributed by atoms with Crippen LogP contribution in [0.15, 0.2) is 0 Å². The van der Waals surface area contributed by atoms with E-state index in [1.165, 1.54) is 0 Å². The molecule has 1 rings (SSSR count). The van der Waals surface area contributed by atoms with E-state index in [1.54, 1.807) is 4.90 Å². The highest BCUT2D eigenvalue weighted by molar-refractivity contribution is 5.86. The van der Waals surface area contributed by atoms with Gasteiger partial charge in [0.1, 0.15) is 0 Å². The standard InChI is InChI=1S/C10H18N2O3/c1-7(2)6-12-4-3-11-8(10(12)15)5-9(13)14/h7-8,11H,3-6H2,1-2H3,(H,13,14). The van der Waals surface area contributed by atoms with E-state index < -0.39 is 12.0 Å². The Bertz CT molecular complexity index is 253. The van der Waals surface area contributed by atoms with Gasteiger partial charge < -0.3 is 15.3 Å². The van der Waals surface area contributed by atoms with Gasteiger partial charge in [-0.15, -0.1) is 0 Å². The third-order valence-electron chi connectivity index (χ3n) is 2.35. The summed E-state index contributed by atoms with van der Waals surface area (Å²) in [5, 5.41) is 11.6. The maximum Gasteiger partial charge on any atom is 0.305 e. The van der Waals surface area contributed by atoms with Gasteiger partial charge in [-0.05, 0) is 5.92 Å². The van der Waals surface area contributed by atoms with Crippen LogP contribution in [0.25, 0.3) is 0 Å². The first kappa shape index (κ1) is 12.0. The number of carboxylic acids is 1. The molecule has 1 fully saturated rings. The second kappa shape index (κ2) is 5.11. The van der Waals surface area contributed by atoms with Gasteiger partial charge in [0.2, 0.25) is 5.91 Å². The first-order valence-corrected chi connectivity index (χ1v) is 5.24. The smallest absolute Gasteiger partial charge is 0.305 e. The predicted molar refractivity (Wildman–Crippen MR) is 55.5 cm³/mol. The number of piperazine rings is 1. The zero-order valence-corrected chi connectivity index (χ0v) is 9.19. The molecule has 0 bridgehead atoms. The van der Waals surface area contributed by atoms with Gasteiger partial charge in [0.15, 0.2) is 0 Å². The van der Waals surface area contributed by atoms with Crippen molar-refractivity contribution in [3.05, 3.63) is 0 Å². The summed E-state index contributed by atoms with van der Waals surface area (Å²) in [5.41, 5.74) is 0. The van der Waals surface area contributed by atoms with Crippen molar-refractivity contribution in [3.63, 3.8) is 0 Å². The molecule has 0 aromatic rings. The maximum absolute atomic E-state index is 11.8. The van der Waals surface area contributed by atoms with Crippen molar-refractivity contribution in [2.24, 2.45) is 5.92 Å². The number of hydrogen-bond donors (Lipinski definition) is 2. The SMILES string of the molecule is CC(C)CN1CCNC(CC(=O)O)C1=O. The zero-order valence-electron chi connectivity index (χ0n) is 9.19. The summed E-state index contributed by atoms with van der Waals surface area (Å²) in [6, 6.07) is -0.546. The highest BCUT2D eigenvalue weighted by Gasteiger charge is 2.29. The molecule has 0 radical (unpaired) electrons. The Kier molecular flexibility index (Phi) is 4.08. The fourth-order valence-electron chi connectivity index (χ4n) is 1.75. The van der Waals surface area contributed by atoms with Crippen LogP contribution in [0, 0.1) is 5.92 Å². The number of carbonyl (C=O) groups excluding carboxylic acids is 1. The summed E-state index contributed by atoms with van der Waals surface area (Å²) in [4.78, 5) is 24.1. The first-order valence-electron chi connectivity index (χ1n) is 5.24. The minimum atomic E-state index is -0.938. The average molecular weight is 214 g/mol. The van der Waals surface area contributed by atoms with E-state index >= 15 is 0 Å². The van der Waals surface area contributed by atoms with E-state index in [0.717, 1.165) is 0 Å². The molecule has 0 spiro atoms. The molecular weight excluding hydrogens is 196 g/mol. The molecule has 1 heterocycles. The molecular formula is C10H18N2O3. The molecule has 1 aliphatic rings. The monoisotopic (exact) mass is 214 g/mol. The normalized spacial score (nSPS) is 22.2. The van der Waals surface area contributed by atoms with Crippen LogP contribution >= 0.6 is 0 Å². The molecule has 1 unspecified atom stereocenters. The lowest BCUT2D eigenvalue weighted by molar-refractivity contribution is -0.144. The Morgan fingerprint density at radius 1 is 1.67 bits per heavy atom. The molecule has 1 atom stereocenters. The molecule has 5 nitrogen and oxygen atoms in total. The summed E-state index contributed by atoms with van der Waals surface area (Å²) in [7, 11) is 0. The van der Waals surface area contributed by atoms with Crippen LogP contribution in [0.5, 0.6) is 0 Å². The summed E-state index contributed by atoms with van der Waals surface area (Å²) in [6.45, 7) is 6.14. The number of hydrogen-bond acceptors (Lipinski definition) is 3. The largest absolute Gasteiger partial charge is 0.481 e. The quantitative estimate of drug-likeness (QED) is 0.686. The lowest BCUT2D eigenvalue weighted by Crippen LogP contribution is -2.56. The van der Waals surface area contributed by atoms with Gasteiger partial charge in [-0.3, -0.25) is 9.59 Å². The van der Waals surface area contributed by atoms with E-state index in [2.05, 4.69) is 5.32 Å². The van der Waals surface area contributed by atoms with E-state index in [9.17, 15) is 9.59 Å². The lowest BCUT2D eigenvalue weighted by Gasteiger charge is -2.33. The molecule has 1 amide bonds. The van der Waals surface area contributed by atoms with E-state index in [4.69, 9.17) is 5.11 Å². The molecule has 5 heteroatoms. The number of nitrogens with one attached hydrogen (secondary N) is 1. The lowest BCUT2D eigenvalue weighted by atomic mass is 10.1. The van der Waals surface area contributed by atoms with Gasteiger partial charge in [-0.25, -0.2) is 0 Å². The topological polar surface area (TPSA) is 69.6 Å². The van der Waals surface area contributed by atoms with Crippen LogP contribution in [0.3, 0.4) is 0 Å². The number of aliphatic carboxylic acids is 1. The van der Waals surface area contributed by atoms with Crippen LogP contribution in [0.1, 0.15) is 20.3 Å². The minimum absolute atomic E-state index is 0.0858. The Balaban J connectivity index is 2.54. The van der Waals surface area contributed by atoms with Crippen LogP contribution < -0.4 is 5.32 Å². The molecule has 0 aromatic heterocycles. The highest BCUT2D eigenvalue weighted by Crippen LogP contribution is 2.07. The van der Waals surface area contributed by atoms with E-state index in [0.29, 0.717) is 25.6 Å². The second-order valence-corrected chi connectivity index (χ2v) is 4.28. The fourth-order valence-corrected chi connectivity index (χ4v) is 1.75. The van der Waals surface area contributed by atoms with Crippen LogP contribution in [0.2, 0.25) is 0 Å². The number of carbonyl (C=O) groups is 2. The molecule has 0 saturated carbocycles. The molecule has 1 saturated heterocycles. The van der Waals surface area contributed by atoms with Crippen molar-refractivity contribution in [1.82, 2.24) is 10.2 Å². The number of rotatable bonds is 4. The zero-order chi connectivity index (χ0) is 11.4. The number of carboxylic acid groups (broad SMARTS) is 1. The highest BCUT2D eigenvalue weighted by atomic mass is 16.4. The van der Waals surface area contributed by atoms with E-state index in [1.807, 2.05) is 13.8 Å². The Morgan fingerprint density at radius 3 is 2.87 bits per heavy atom. The summed E-state index contributed by atoms with van der Waals surface area (Å²) in [6.07, 6.45) is -0.132. The van der Waals surface area contributed by atoms with Gasteiger partial charge in [0.05, 0.1) is 12.5 Å². The number of amides is 1. The van der Waals surface area contributed by atoms with Crippen molar-refractivity contribution in [2.45, 2.75) is 26.3 Å². The van der Waals surface area contributed by atoms with E-state index in [-0.39, 0.29) is 12.3 Å². The molecule has 2 N–H and O–H groups in total. The van der Waals surface area contributed by atoms with Crippen LogP contribution in [0.4, 0.5) is 0 Å². The molecule has 15 heavy (non-hydrogen) atoms. The molecule has 0 aliphatic carbocycles.